The second-order valence-electron chi connectivity index (χ2n) is 5.01. The average Bonchev–Trinajstić information content (AvgIpc) is 2.99. The van der Waals surface area contributed by atoms with E-state index < -0.39 is 0 Å². The molecule has 2 aliphatic rings. The predicted octanol–water partition coefficient (Wildman–Crippen LogP) is 2.65. The molecule has 1 amide bonds. The van der Waals surface area contributed by atoms with Gasteiger partial charge in [-0.2, -0.15) is 0 Å². The number of hydrogen-bond donors (Lipinski definition) is 0. The first-order chi connectivity index (χ1) is 7.24. The van der Waals surface area contributed by atoms with Crippen LogP contribution < -0.4 is 0 Å². The van der Waals surface area contributed by atoms with E-state index in [0.717, 1.165) is 25.8 Å². The molecule has 1 aliphatic carbocycles. The van der Waals surface area contributed by atoms with E-state index in [1.165, 1.54) is 12.8 Å². The molecule has 0 N–H and O–H groups in total. The number of alkyl halides is 1. The molecule has 0 bridgehead atoms. The maximum absolute atomic E-state index is 12.2. The van der Waals surface area contributed by atoms with E-state index in [1.54, 1.807) is 0 Å². The summed E-state index contributed by atoms with van der Waals surface area (Å²) in [6.45, 7) is 3.09. The largest absolute Gasteiger partial charge is 0.338 e. The molecule has 2 rings (SSSR count). The first-order valence-corrected chi connectivity index (χ1v) is 6.64. The number of likely N-dealkylation sites (tertiary alicyclic amines) is 1. The number of carbonyl (C=O) groups excluding carboxylic acids is 1. The molecule has 3 atom stereocenters. The van der Waals surface area contributed by atoms with Crippen molar-refractivity contribution in [2.75, 3.05) is 12.4 Å². The Morgan fingerprint density at radius 2 is 2.13 bits per heavy atom. The molecule has 1 aliphatic heterocycles. The van der Waals surface area contributed by atoms with Gasteiger partial charge in [-0.3, -0.25) is 4.79 Å². The lowest BCUT2D eigenvalue weighted by Crippen LogP contribution is -2.42. The summed E-state index contributed by atoms with van der Waals surface area (Å²) in [6.07, 6.45) is 5.81. The number of hydrogen-bond acceptors (Lipinski definition) is 1. The molecule has 3 heteroatoms. The number of carbonyl (C=O) groups is 1. The zero-order valence-corrected chi connectivity index (χ0v) is 10.2. The average molecular weight is 230 g/mol. The van der Waals surface area contributed by atoms with Gasteiger partial charge in [-0.15, -0.1) is 11.6 Å². The molecule has 0 aromatic heterocycles. The van der Waals surface area contributed by atoms with Crippen molar-refractivity contribution in [3.05, 3.63) is 0 Å². The van der Waals surface area contributed by atoms with Crippen LogP contribution in [0, 0.1) is 11.8 Å². The van der Waals surface area contributed by atoms with Crippen LogP contribution in [0.1, 0.15) is 39.0 Å². The number of halogens is 1. The standard InChI is InChI=1S/C12H20ClNO/c1-9-7-11(9)12(15)14-6-4-2-3-5-10(14)8-13/h9-11H,2-8H2,1H3. The van der Waals surface area contributed by atoms with Crippen molar-refractivity contribution in [2.24, 2.45) is 11.8 Å². The van der Waals surface area contributed by atoms with Gasteiger partial charge in [0.25, 0.3) is 0 Å². The van der Waals surface area contributed by atoms with Crippen LogP contribution in [0.3, 0.4) is 0 Å². The van der Waals surface area contributed by atoms with Crippen LogP contribution in [0.5, 0.6) is 0 Å². The van der Waals surface area contributed by atoms with Crippen LogP contribution in [-0.2, 0) is 4.79 Å². The van der Waals surface area contributed by atoms with Gasteiger partial charge in [-0.05, 0) is 25.2 Å². The summed E-state index contributed by atoms with van der Waals surface area (Å²) in [7, 11) is 0. The molecule has 0 radical (unpaired) electrons. The normalized spacial score (nSPS) is 36.1. The molecule has 0 aromatic rings. The Hall–Kier alpha value is -0.240. The Bertz CT molecular complexity index is 244. The molecule has 15 heavy (non-hydrogen) atoms. The van der Waals surface area contributed by atoms with Gasteiger partial charge in [0.2, 0.25) is 5.91 Å². The molecule has 2 nitrogen and oxygen atoms in total. The quantitative estimate of drug-likeness (QED) is 0.667. The van der Waals surface area contributed by atoms with Crippen LogP contribution in [0.25, 0.3) is 0 Å². The molecular weight excluding hydrogens is 210 g/mol. The summed E-state index contributed by atoms with van der Waals surface area (Å²) in [4.78, 5) is 14.2. The van der Waals surface area contributed by atoms with Gasteiger partial charge in [-0.1, -0.05) is 19.8 Å². The van der Waals surface area contributed by atoms with Crippen molar-refractivity contribution in [3.63, 3.8) is 0 Å². The smallest absolute Gasteiger partial charge is 0.226 e. The monoisotopic (exact) mass is 229 g/mol. The summed E-state index contributed by atoms with van der Waals surface area (Å²) in [5.74, 6) is 1.90. The van der Waals surface area contributed by atoms with Crippen molar-refractivity contribution < 1.29 is 4.79 Å². The van der Waals surface area contributed by atoms with E-state index in [0.29, 0.717) is 29.7 Å². The molecule has 1 saturated heterocycles. The van der Waals surface area contributed by atoms with Crippen LogP contribution in [-0.4, -0.2) is 29.3 Å². The molecule has 3 unspecified atom stereocenters. The second kappa shape index (κ2) is 4.73. The van der Waals surface area contributed by atoms with E-state index in [4.69, 9.17) is 11.6 Å². The summed E-state index contributed by atoms with van der Waals surface area (Å²) >= 11 is 5.96. The summed E-state index contributed by atoms with van der Waals surface area (Å²) in [5, 5.41) is 0. The Morgan fingerprint density at radius 1 is 1.40 bits per heavy atom. The minimum absolute atomic E-state index is 0.300. The third-order valence-electron chi connectivity index (χ3n) is 3.77. The minimum atomic E-state index is 0.300. The zero-order valence-electron chi connectivity index (χ0n) is 9.42. The summed E-state index contributed by atoms with van der Waals surface area (Å²) in [5.41, 5.74) is 0. The van der Waals surface area contributed by atoms with Crippen molar-refractivity contribution >= 4 is 17.5 Å². The van der Waals surface area contributed by atoms with Gasteiger partial charge in [-0.25, -0.2) is 0 Å². The van der Waals surface area contributed by atoms with Crippen LogP contribution in [0.2, 0.25) is 0 Å². The Balaban J connectivity index is 1.99. The summed E-state index contributed by atoms with van der Waals surface area (Å²) in [6, 6.07) is 0.300. The predicted molar refractivity (Wildman–Crippen MR) is 62.0 cm³/mol. The molecule has 0 spiro atoms. The van der Waals surface area contributed by atoms with Gasteiger partial charge in [0.1, 0.15) is 0 Å². The maximum atomic E-state index is 12.2. The van der Waals surface area contributed by atoms with Gasteiger partial charge >= 0.3 is 0 Å². The minimum Gasteiger partial charge on any atom is -0.338 e. The topological polar surface area (TPSA) is 20.3 Å². The van der Waals surface area contributed by atoms with Crippen molar-refractivity contribution in [2.45, 2.75) is 45.1 Å². The fraction of sp³-hybridized carbons (Fsp3) is 0.917. The molecule has 0 aromatic carbocycles. The highest BCUT2D eigenvalue weighted by Crippen LogP contribution is 2.40. The summed E-state index contributed by atoms with van der Waals surface area (Å²) < 4.78 is 0. The number of nitrogens with zero attached hydrogens (tertiary/aromatic N) is 1. The highest BCUT2D eigenvalue weighted by atomic mass is 35.5. The highest BCUT2D eigenvalue weighted by molar-refractivity contribution is 6.18. The first kappa shape index (κ1) is 11.3. The van der Waals surface area contributed by atoms with E-state index in [2.05, 4.69) is 11.8 Å². The fourth-order valence-electron chi connectivity index (χ4n) is 2.51. The van der Waals surface area contributed by atoms with Crippen molar-refractivity contribution in [3.8, 4) is 0 Å². The third-order valence-corrected chi connectivity index (χ3v) is 4.12. The SMILES string of the molecule is CC1CC1C(=O)N1CCCCCC1CCl. The molecule has 86 valence electrons. The fourth-order valence-corrected chi connectivity index (χ4v) is 2.83. The van der Waals surface area contributed by atoms with Crippen LogP contribution >= 0.6 is 11.6 Å². The molecule has 2 fully saturated rings. The van der Waals surface area contributed by atoms with Gasteiger partial charge in [0.15, 0.2) is 0 Å². The van der Waals surface area contributed by atoms with E-state index in [-0.39, 0.29) is 0 Å². The lowest BCUT2D eigenvalue weighted by atomic mass is 10.1. The zero-order chi connectivity index (χ0) is 10.8. The maximum Gasteiger partial charge on any atom is 0.226 e. The lowest BCUT2D eigenvalue weighted by molar-refractivity contribution is -0.134. The number of rotatable bonds is 2. The van der Waals surface area contributed by atoms with Gasteiger partial charge in [0.05, 0.1) is 0 Å². The highest BCUT2D eigenvalue weighted by Gasteiger charge is 2.42. The first-order valence-electron chi connectivity index (χ1n) is 6.10. The van der Waals surface area contributed by atoms with Gasteiger partial charge in [0, 0.05) is 24.4 Å². The second-order valence-corrected chi connectivity index (χ2v) is 5.32. The molecule has 1 heterocycles. The Kier molecular flexibility index (Phi) is 3.55. The Morgan fingerprint density at radius 3 is 2.73 bits per heavy atom. The molecule has 1 saturated carbocycles. The van der Waals surface area contributed by atoms with E-state index >= 15 is 0 Å². The van der Waals surface area contributed by atoms with Crippen molar-refractivity contribution in [1.29, 1.82) is 0 Å². The van der Waals surface area contributed by atoms with Crippen LogP contribution in [0.4, 0.5) is 0 Å². The van der Waals surface area contributed by atoms with E-state index in [1.807, 2.05) is 0 Å². The molecular formula is C12H20ClNO. The number of amides is 1. The van der Waals surface area contributed by atoms with Crippen LogP contribution in [0.15, 0.2) is 0 Å². The lowest BCUT2D eigenvalue weighted by Gasteiger charge is -2.28. The van der Waals surface area contributed by atoms with E-state index in [9.17, 15) is 4.79 Å². The van der Waals surface area contributed by atoms with Gasteiger partial charge < -0.3 is 4.90 Å². The van der Waals surface area contributed by atoms with Crippen molar-refractivity contribution in [1.82, 2.24) is 4.90 Å². The Labute approximate surface area is 97.0 Å². The third kappa shape index (κ3) is 2.47.